The minimum atomic E-state index is -0.0927. The maximum Gasteiger partial charge on any atom is 0.283 e. The van der Waals surface area contributed by atoms with Crippen molar-refractivity contribution in [2.45, 2.75) is 33.2 Å². The minimum Gasteiger partial charge on any atom is -0.380 e. The summed E-state index contributed by atoms with van der Waals surface area (Å²) >= 11 is 3.32. The van der Waals surface area contributed by atoms with Crippen molar-refractivity contribution >= 4 is 21.6 Å². The van der Waals surface area contributed by atoms with Crippen molar-refractivity contribution in [2.75, 3.05) is 25.1 Å². The zero-order valence-electron chi connectivity index (χ0n) is 10.9. The van der Waals surface area contributed by atoms with Crippen LogP contribution in [-0.2, 0) is 11.3 Å². The van der Waals surface area contributed by atoms with Crippen LogP contribution in [-0.4, -0.2) is 29.5 Å². The zero-order chi connectivity index (χ0) is 13.4. The fraction of sp³-hybridized carbons (Fsp3) is 0.667. The van der Waals surface area contributed by atoms with Gasteiger partial charge in [-0.1, -0.05) is 13.3 Å². The van der Waals surface area contributed by atoms with E-state index in [0.717, 1.165) is 12.8 Å². The first kappa shape index (κ1) is 15.2. The quantitative estimate of drug-likeness (QED) is 0.747. The number of ether oxygens (including phenoxy) is 1. The molecule has 0 amide bonds. The van der Waals surface area contributed by atoms with Crippen molar-refractivity contribution in [3.63, 3.8) is 0 Å². The Morgan fingerprint density at radius 2 is 2.28 bits per heavy atom. The molecule has 0 aliphatic rings. The Balaban J connectivity index is 2.65. The van der Waals surface area contributed by atoms with Crippen molar-refractivity contribution < 1.29 is 4.74 Å². The number of aryl methyl sites for hydroxylation is 1. The summed E-state index contributed by atoms with van der Waals surface area (Å²) in [6.07, 6.45) is 3.67. The summed E-state index contributed by atoms with van der Waals surface area (Å²) in [7, 11) is 0. The van der Waals surface area contributed by atoms with Crippen LogP contribution in [0.15, 0.2) is 15.5 Å². The summed E-state index contributed by atoms with van der Waals surface area (Å²) in [5.74, 6) is 0. The normalized spacial score (nSPS) is 10.6. The molecule has 0 spiro atoms. The molecule has 0 unspecified atom stereocenters. The van der Waals surface area contributed by atoms with Gasteiger partial charge in [-0.2, -0.15) is 5.10 Å². The van der Waals surface area contributed by atoms with E-state index in [1.807, 2.05) is 6.92 Å². The van der Waals surface area contributed by atoms with Gasteiger partial charge in [0, 0.05) is 19.7 Å². The topological polar surface area (TPSA) is 56.1 Å². The molecule has 0 saturated carbocycles. The lowest BCUT2D eigenvalue weighted by atomic mass is 10.3. The van der Waals surface area contributed by atoms with Crippen molar-refractivity contribution in [1.29, 1.82) is 0 Å². The van der Waals surface area contributed by atoms with E-state index in [0.29, 0.717) is 36.5 Å². The van der Waals surface area contributed by atoms with Gasteiger partial charge in [0.1, 0.15) is 4.47 Å². The molecule has 5 nitrogen and oxygen atoms in total. The van der Waals surface area contributed by atoms with Gasteiger partial charge in [-0.05, 0) is 29.3 Å². The Labute approximate surface area is 116 Å². The predicted octanol–water partition coefficient (Wildman–Crippen LogP) is 2.25. The van der Waals surface area contributed by atoms with Crippen LogP contribution in [0.2, 0.25) is 0 Å². The maximum atomic E-state index is 12.0. The number of halogens is 1. The van der Waals surface area contributed by atoms with Gasteiger partial charge >= 0.3 is 0 Å². The Bertz CT molecular complexity index is 420. The molecule has 0 saturated heterocycles. The smallest absolute Gasteiger partial charge is 0.283 e. The van der Waals surface area contributed by atoms with Gasteiger partial charge < -0.3 is 10.1 Å². The van der Waals surface area contributed by atoms with Crippen LogP contribution in [0.3, 0.4) is 0 Å². The average molecular weight is 318 g/mol. The Morgan fingerprint density at radius 3 is 2.94 bits per heavy atom. The van der Waals surface area contributed by atoms with Gasteiger partial charge in [-0.3, -0.25) is 4.79 Å². The lowest BCUT2D eigenvalue weighted by Crippen LogP contribution is -2.25. The molecule has 6 heteroatoms. The van der Waals surface area contributed by atoms with E-state index in [-0.39, 0.29) is 5.56 Å². The highest BCUT2D eigenvalue weighted by Crippen LogP contribution is 2.15. The van der Waals surface area contributed by atoms with Crippen LogP contribution in [0.5, 0.6) is 0 Å². The second kappa shape index (κ2) is 8.26. The molecule has 0 atom stereocenters. The second-order valence-electron chi connectivity index (χ2n) is 3.88. The van der Waals surface area contributed by atoms with E-state index in [1.54, 1.807) is 6.20 Å². The molecular formula is C12H20BrN3O2. The third kappa shape index (κ3) is 4.42. The highest BCUT2D eigenvalue weighted by Gasteiger charge is 2.07. The molecule has 0 aliphatic heterocycles. The molecule has 0 aliphatic carbocycles. The van der Waals surface area contributed by atoms with E-state index < -0.39 is 0 Å². The number of nitrogens with one attached hydrogen (secondary N) is 1. The van der Waals surface area contributed by atoms with Crippen LogP contribution < -0.4 is 10.9 Å². The van der Waals surface area contributed by atoms with E-state index in [9.17, 15) is 4.79 Å². The molecule has 102 valence electrons. The number of hydrogen-bond donors (Lipinski definition) is 1. The van der Waals surface area contributed by atoms with Gasteiger partial charge in [0.2, 0.25) is 0 Å². The molecule has 0 aromatic carbocycles. The first-order valence-electron chi connectivity index (χ1n) is 6.27. The van der Waals surface area contributed by atoms with E-state index in [2.05, 4.69) is 33.3 Å². The summed E-state index contributed by atoms with van der Waals surface area (Å²) in [5, 5.41) is 7.27. The third-order valence-corrected chi connectivity index (χ3v) is 3.24. The summed E-state index contributed by atoms with van der Waals surface area (Å²) in [6, 6.07) is 0. The molecule has 0 radical (unpaired) electrons. The van der Waals surface area contributed by atoms with Gasteiger partial charge in [0.15, 0.2) is 0 Å². The number of aromatic nitrogens is 2. The van der Waals surface area contributed by atoms with E-state index in [1.165, 1.54) is 4.68 Å². The van der Waals surface area contributed by atoms with Crippen LogP contribution in [0.4, 0.5) is 5.69 Å². The summed E-state index contributed by atoms with van der Waals surface area (Å²) < 4.78 is 7.24. The van der Waals surface area contributed by atoms with Gasteiger partial charge in [0.05, 0.1) is 18.5 Å². The molecular weight excluding hydrogens is 298 g/mol. The molecule has 0 fully saturated rings. The number of rotatable bonds is 8. The summed E-state index contributed by atoms with van der Waals surface area (Å²) in [4.78, 5) is 12.0. The zero-order valence-corrected chi connectivity index (χ0v) is 12.5. The van der Waals surface area contributed by atoms with Gasteiger partial charge in [-0.15, -0.1) is 0 Å². The van der Waals surface area contributed by atoms with E-state index >= 15 is 0 Å². The molecule has 1 aromatic rings. The number of unbranched alkanes of at least 4 members (excludes halogenated alkanes) is 1. The first-order valence-corrected chi connectivity index (χ1v) is 7.07. The predicted molar refractivity (Wildman–Crippen MR) is 76.1 cm³/mol. The van der Waals surface area contributed by atoms with Crippen molar-refractivity contribution in [3.05, 3.63) is 21.0 Å². The minimum absolute atomic E-state index is 0.0927. The third-order valence-electron chi connectivity index (χ3n) is 2.47. The Morgan fingerprint density at radius 1 is 1.50 bits per heavy atom. The standard InChI is InChI=1S/C12H20BrN3O2/c1-3-5-7-16-12(17)11(13)10(9-15-16)14-6-8-18-4-2/h9,14H,3-8H2,1-2H3. The molecule has 1 aromatic heterocycles. The first-order chi connectivity index (χ1) is 8.70. The molecule has 18 heavy (non-hydrogen) atoms. The fourth-order valence-corrected chi connectivity index (χ4v) is 1.90. The van der Waals surface area contributed by atoms with Crippen LogP contribution in [0, 0.1) is 0 Å². The number of hydrogen-bond acceptors (Lipinski definition) is 4. The maximum absolute atomic E-state index is 12.0. The number of nitrogens with zero attached hydrogens (tertiary/aromatic N) is 2. The monoisotopic (exact) mass is 317 g/mol. The molecule has 1 rings (SSSR count). The van der Waals surface area contributed by atoms with E-state index in [4.69, 9.17) is 4.74 Å². The molecule has 1 heterocycles. The van der Waals surface area contributed by atoms with Gasteiger partial charge in [0.25, 0.3) is 5.56 Å². The Kier molecular flexibility index (Phi) is 6.97. The van der Waals surface area contributed by atoms with Crippen molar-refractivity contribution in [3.8, 4) is 0 Å². The molecule has 0 bridgehead atoms. The lowest BCUT2D eigenvalue weighted by Gasteiger charge is -2.10. The average Bonchev–Trinajstić information content (AvgIpc) is 2.38. The number of anilines is 1. The summed E-state index contributed by atoms with van der Waals surface area (Å²) in [5.41, 5.74) is 0.623. The SMILES string of the molecule is CCCCn1ncc(NCCOCC)c(Br)c1=O. The highest BCUT2D eigenvalue weighted by atomic mass is 79.9. The van der Waals surface area contributed by atoms with Crippen molar-refractivity contribution in [1.82, 2.24) is 9.78 Å². The van der Waals surface area contributed by atoms with Crippen LogP contribution in [0.25, 0.3) is 0 Å². The Hall–Kier alpha value is -0.880. The largest absolute Gasteiger partial charge is 0.380 e. The fourth-order valence-electron chi connectivity index (χ4n) is 1.46. The second-order valence-corrected chi connectivity index (χ2v) is 4.67. The lowest BCUT2D eigenvalue weighted by molar-refractivity contribution is 0.158. The van der Waals surface area contributed by atoms with Gasteiger partial charge in [-0.25, -0.2) is 4.68 Å². The van der Waals surface area contributed by atoms with Crippen molar-refractivity contribution in [2.24, 2.45) is 0 Å². The highest BCUT2D eigenvalue weighted by molar-refractivity contribution is 9.10. The van der Waals surface area contributed by atoms with Crippen LogP contribution >= 0.6 is 15.9 Å². The molecule has 1 N–H and O–H groups in total. The summed E-state index contributed by atoms with van der Waals surface area (Å²) in [6.45, 7) is 6.66. The van der Waals surface area contributed by atoms with Crippen LogP contribution in [0.1, 0.15) is 26.7 Å².